The van der Waals surface area contributed by atoms with E-state index in [1.165, 1.54) is 12.1 Å². The molecule has 153 valence electrons. The number of ether oxygens (including phenoxy) is 2. The molecule has 0 saturated carbocycles. The zero-order chi connectivity index (χ0) is 20.7. The first-order valence-corrected chi connectivity index (χ1v) is 10.1. The van der Waals surface area contributed by atoms with Crippen molar-refractivity contribution < 1.29 is 45.2 Å². The molecular weight excluding hydrogens is 522 g/mol. The molecule has 1 fully saturated rings. The Labute approximate surface area is 183 Å². The van der Waals surface area contributed by atoms with Gasteiger partial charge in [0, 0.05) is 23.3 Å². The Morgan fingerprint density at radius 2 is 2.03 bits per heavy atom. The number of epoxide rings is 1. The Morgan fingerprint density at radius 1 is 1.24 bits per heavy atom. The number of rotatable bonds is 5. The molecule has 10 heteroatoms. The summed E-state index contributed by atoms with van der Waals surface area (Å²) in [5.41, 5.74) is 0.722. The van der Waals surface area contributed by atoms with Crippen molar-refractivity contribution in [3.63, 3.8) is 0 Å². The van der Waals surface area contributed by atoms with Crippen LogP contribution in [-0.4, -0.2) is 29.8 Å². The lowest BCUT2D eigenvalue weighted by atomic mass is 9.95. The van der Waals surface area contributed by atoms with E-state index in [2.05, 4.69) is 15.3 Å². The number of hydrogen-bond donors (Lipinski definition) is 1. The number of benzene rings is 1. The smallest absolute Gasteiger partial charge is 0.188 e. The Morgan fingerprint density at radius 3 is 2.72 bits per heavy atom. The zero-order valence-electron chi connectivity index (χ0n) is 14.9. The maximum atomic E-state index is 14.7. The van der Waals surface area contributed by atoms with Crippen molar-refractivity contribution in [2.75, 3.05) is 6.61 Å². The van der Waals surface area contributed by atoms with E-state index in [0.717, 1.165) is 6.20 Å². The molecule has 3 atom stereocenters. The molecule has 1 aromatic heterocycles. The molecular formula is C19H14ClF3IN3O2-. The lowest BCUT2D eigenvalue weighted by molar-refractivity contribution is -0.311. The third kappa shape index (κ3) is 4.14. The van der Waals surface area contributed by atoms with Crippen LogP contribution in [0, 0.1) is 17.5 Å². The van der Waals surface area contributed by atoms with Crippen molar-refractivity contribution in [1.82, 2.24) is 10.3 Å². The van der Waals surface area contributed by atoms with Crippen LogP contribution in [0.1, 0.15) is 24.2 Å². The fourth-order valence-corrected chi connectivity index (χ4v) is 4.10. The molecule has 5 nitrogen and oxygen atoms in total. The highest BCUT2D eigenvalue weighted by molar-refractivity contribution is 6.30. The van der Waals surface area contributed by atoms with Gasteiger partial charge in [-0.25, -0.2) is 18.2 Å². The third-order valence-corrected chi connectivity index (χ3v) is 5.54. The average Bonchev–Trinajstić information content (AvgIpc) is 3.40. The third-order valence-electron chi connectivity index (χ3n) is 4.41. The van der Waals surface area contributed by atoms with E-state index in [1.807, 2.05) is 29.5 Å². The number of amidine groups is 1. The molecule has 29 heavy (non-hydrogen) atoms. The molecule has 1 N–H and O–H groups in total. The van der Waals surface area contributed by atoms with Gasteiger partial charge in [-0.05, 0) is 24.6 Å². The van der Waals surface area contributed by atoms with Gasteiger partial charge in [-0.1, -0.05) is 17.7 Å². The lowest BCUT2D eigenvalue weighted by Gasteiger charge is -2.32. The van der Waals surface area contributed by atoms with Crippen LogP contribution in [0.3, 0.4) is 0 Å². The second kappa shape index (κ2) is 8.21. The van der Waals surface area contributed by atoms with Crippen molar-refractivity contribution >= 4 is 17.4 Å². The minimum Gasteiger partial charge on any atom is -0.739 e. The summed E-state index contributed by atoms with van der Waals surface area (Å²) in [6, 6.07) is 4.14. The zero-order valence-corrected chi connectivity index (χ0v) is 17.8. The van der Waals surface area contributed by atoms with Gasteiger partial charge in [-0.15, -0.1) is 3.70 Å². The number of nitrogens with one attached hydrogen (secondary N) is 1. The van der Waals surface area contributed by atoms with Gasteiger partial charge in [0.25, 0.3) is 0 Å². The number of aliphatic imine (C=N–C) groups is 1. The standard InChI is InChI=1S/C19H14ClF3IN3O2/c1-2-28-19-16(29-19)13-14(10-4-3-8(20)5-11(10)22)26-18(27-17(13)24)15-12(23)6-9(21)7-25-15/h3-7,14,16,19H,2H2,1H3,(H,26,27)/q-1. The van der Waals surface area contributed by atoms with E-state index in [0.29, 0.717) is 22.0 Å². The molecule has 0 spiro atoms. The van der Waals surface area contributed by atoms with Gasteiger partial charge in [-0.3, -0.25) is 4.99 Å². The number of halogens is 5. The van der Waals surface area contributed by atoms with Gasteiger partial charge in [0.15, 0.2) is 17.9 Å². The van der Waals surface area contributed by atoms with Crippen molar-refractivity contribution in [2.24, 2.45) is 4.99 Å². The van der Waals surface area contributed by atoms with Gasteiger partial charge < -0.3 is 37.4 Å². The van der Waals surface area contributed by atoms with Crippen molar-refractivity contribution in [2.45, 2.75) is 25.4 Å². The molecule has 1 saturated heterocycles. The number of aromatic nitrogens is 1. The summed E-state index contributed by atoms with van der Waals surface area (Å²) in [5.74, 6) is -2.19. The summed E-state index contributed by atoms with van der Waals surface area (Å²) in [6.45, 7) is 2.30. The summed E-state index contributed by atoms with van der Waals surface area (Å²) in [5, 5.41) is 3.21. The summed E-state index contributed by atoms with van der Waals surface area (Å²) in [7, 11) is 0. The summed E-state index contributed by atoms with van der Waals surface area (Å²) >= 11 is 7.89. The van der Waals surface area contributed by atoms with Gasteiger partial charge >= 0.3 is 0 Å². The average molecular weight is 536 g/mol. The maximum absolute atomic E-state index is 14.7. The fraction of sp³-hybridized carbons (Fsp3) is 0.263. The van der Waals surface area contributed by atoms with E-state index in [9.17, 15) is 13.2 Å². The largest absolute Gasteiger partial charge is 0.739 e. The molecule has 3 unspecified atom stereocenters. The molecule has 0 bridgehead atoms. The normalized spacial score (nSPS) is 23.7. The minimum atomic E-state index is -0.880. The van der Waals surface area contributed by atoms with Gasteiger partial charge in [0.05, 0.1) is 6.20 Å². The predicted octanol–water partition coefficient (Wildman–Crippen LogP) is 0.770. The number of pyridine rings is 1. The van der Waals surface area contributed by atoms with Crippen LogP contribution < -0.4 is 27.9 Å². The van der Waals surface area contributed by atoms with Crippen molar-refractivity contribution in [3.8, 4) is 0 Å². The first-order valence-electron chi connectivity index (χ1n) is 8.66. The molecule has 2 aromatic rings. The van der Waals surface area contributed by atoms with E-state index < -0.39 is 35.9 Å². The Bertz CT molecular complexity index is 1030. The van der Waals surface area contributed by atoms with E-state index in [-0.39, 0.29) is 22.1 Å². The predicted molar refractivity (Wildman–Crippen MR) is 95.3 cm³/mol. The molecule has 0 aliphatic carbocycles. The molecule has 0 amide bonds. The molecule has 2 aliphatic heterocycles. The monoisotopic (exact) mass is 535 g/mol. The summed E-state index contributed by atoms with van der Waals surface area (Å²) < 4.78 is 53.9. The van der Waals surface area contributed by atoms with Crippen LogP contribution in [0.15, 0.2) is 44.7 Å². The van der Waals surface area contributed by atoms with Crippen LogP contribution in [0.5, 0.6) is 0 Å². The van der Waals surface area contributed by atoms with Crippen LogP contribution in [-0.2, 0) is 9.47 Å². The fourth-order valence-electron chi connectivity index (χ4n) is 3.09. The van der Waals surface area contributed by atoms with Gasteiger partial charge in [0.2, 0.25) is 0 Å². The van der Waals surface area contributed by atoms with Crippen LogP contribution in [0.4, 0.5) is 13.2 Å². The van der Waals surface area contributed by atoms with Crippen molar-refractivity contribution in [3.05, 3.63) is 73.5 Å². The van der Waals surface area contributed by atoms with Crippen LogP contribution >= 0.6 is 11.6 Å². The second-order valence-electron chi connectivity index (χ2n) is 6.30. The maximum Gasteiger partial charge on any atom is 0.188 e. The molecule has 1 radical (unpaired) electrons. The number of nitrogens with zero attached hydrogens (tertiary/aromatic N) is 2. The lowest BCUT2D eigenvalue weighted by Crippen LogP contribution is -3.34. The van der Waals surface area contributed by atoms with E-state index >= 15 is 0 Å². The van der Waals surface area contributed by atoms with E-state index in [1.54, 1.807) is 6.07 Å². The topological polar surface area (TPSA) is 59.0 Å². The Balaban J connectivity index is 1.79. The molecule has 2 aliphatic rings. The number of hydrogen-bond acceptors (Lipinski definition) is 5. The van der Waals surface area contributed by atoms with Crippen LogP contribution in [0.25, 0.3) is 0 Å². The Hall–Kier alpha value is -1.69. The highest BCUT2D eigenvalue weighted by Gasteiger charge is 2.47. The Kier molecular flexibility index (Phi) is 5.83. The van der Waals surface area contributed by atoms with Gasteiger partial charge in [-0.2, -0.15) is 0 Å². The quantitative estimate of drug-likeness (QED) is 0.349. The highest BCUT2D eigenvalue weighted by Crippen LogP contribution is 2.42. The highest BCUT2D eigenvalue weighted by atomic mass is 127. The summed E-state index contributed by atoms with van der Waals surface area (Å²) in [6.07, 6.45) is 0.00412. The summed E-state index contributed by atoms with van der Waals surface area (Å²) in [4.78, 5) is 8.28. The van der Waals surface area contributed by atoms with Crippen molar-refractivity contribution in [1.29, 1.82) is 0 Å². The SMILES string of the molecule is CCOC1OC1C1=C([I-])NC(c2ncc(F)cc2F)=NC1c1ccc(Cl)cc1F. The molecule has 1 aromatic carbocycles. The first kappa shape index (κ1) is 20.6. The van der Waals surface area contributed by atoms with Crippen LogP contribution in [0.2, 0.25) is 5.02 Å². The minimum absolute atomic E-state index is 0.0589. The first-order chi connectivity index (χ1) is 13.9. The second-order valence-corrected chi connectivity index (χ2v) is 7.82. The molecule has 3 heterocycles. The van der Waals surface area contributed by atoms with E-state index in [4.69, 9.17) is 21.1 Å². The van der Waals surface area contributed by atoms with Gasteiger partial charge in [0.1, 0.15) is 29.5 Å². The molecule has 4 rings (SSSR count).